The second-order valence-electron chi connectivity index (χ2n) is 4.68. The van der Waals surface area contributed by atoms with E-state index < -0.39 is 0 Å². The largest absolute Gasteiger partial charge is 0.457 e. The quantitative estimate of drug-likeness (QED) is 0.858. The van der Waals surface area contributed by atoms with Crippen LogP contribution in [-0.4, -0.2) is 6.04 Å². The van der Waals surface area contributed by atoms with Crippen molar-refractivity contribution in [3.63, 3.8) is 0 Å². The average Bonchev–Trinajstić information content (AvgIpc) is 3.23. The molecule has 1 fully saturated rings. The molecule has 0 aromatic heterocycles. The Morgan fingerprint density at radius 3 is 2.44 bits per heavy atom. The van der Waals surface area contributed by atoms with E-state index in [9.17, 15) is 0 Å². The Balaban J connectivity index is 1.73. The van der Waals surface area contributed by atoms with E-state index in [1.807, 2.05) is 42.5 Å². The van der Waals surface area contributed by atoms with Crippen LogP contribution in [0.1, 0.15) is 18.4 Å². The van der Waals surface area contributed by atoms with Crippen molar-refractivity contribution in [1.29, 1.82) is 0 Å². The molecule has 0 bridgehead atoms. The third-order valence-corrected chi connectivity index (χ3v) is 3.10. The van der Waals surface area contributed by atoms with Crippen LogP contribution >= 0.6 is 0 Å². The molecule has 0 radical (unpaired) electrons. The van der Waals surface area contributed by atoms with Crippen LogP contribution in [0.5, 0.6) is 11.5 Å². The molecule has 0 unspecified atom stereocenters. The monoisotopic (exact) mass is 239 g/mol. The Kier molecular flexibility index (Phi) is 3.29. The first-order chi connectivity index (χ1) is 8.92. The summed E-state index contributed by atoms with van der Waals surface area (Å²) in [6.07, 6.45) is 2.61. The normalized spacial score (nSPS) is 14.4. The molecule has 18 heavy (non-hydrogen) atoms. The van der Waals surface area contributed by atoms with Crippen molar-refractivity contribution in [3.05, 3.63) is 60.2 Å². The van der Waals surface area contributed by atoms with Crippen molar-refractivity contribution in [2.24, 2.45) is 0 Å². The minimum Gasteiger partial charge on any atom is -0.457 e. The average molecular weight is 239 g/mol. The molecule has 1 aliphatic carbocycles. The Labute approximate surface area is 108 Å². The molecule has 3 rings (SSSR count). The van der Waals surface area contributed by atoms with Crippen molar-refractivity contribution >= 4 is 0 Å². The van der Waals surface area contributed by atoms with Gasteiger partial charge in [-0.2, -0.15) is 0 Å². The molecule has 2 aromatic rings. The summed E-state index contributed by atoms with van der Waals surface area (Å²) in [5, 5.41) is 3.52. The first-order valence-corrected chi connectivity index (χ1v) is 6.46. The molecular formula is C16H17NO. The lowest BCUT2D eigenvalue weighted by atomic mass is 10.2. The van der Waals surface area contributed by atoms with Crippen molar-refractivity contribution in [2.45, 2.75) is 25.4 Å². The zero-order chi connectivity index (χ0) is 12.2. The number of hydrogen-bond donors (Lipinski definition) is 1. The van der Waals surface area contributed by atoms with Crippen LogP contribution in [0.15, 0.2) is 54.6 Å². The maximum absolute atomic E-state index is 5.92. The molecule has 1 aliphatic rings. The van der Waals surface area contributed by atoms with Crippen LogP contribution in [0.4, 0.5) is 0 Å². The fraction of sp³-hybridized carbons (Fsp3) is 0.250. The summed E-state index contributed by atoms with van der Waals surface area (Å²) in [6, 6.07) is 18.9. The summed E-state index contributed by atoms with van der Waals surface area (Å²) in [5.41, 5.74) is 1.22. The zero-order valence-corrected chi connectivity index (χ0v) is 10.3. The lowest BCUT2D eigenvalue weighted by molar-refractivity contribution is 0.472. The van der Waals surface area contributed by atoms with Gasteiger partial charge in [0.25, 0.3) is 0 Å². The standard InChI is InChI=1S/C16H17NO/c1-2-7-15(8-3-1)18-16-9-5-4-6-13(16)12-17-14-10-11-14/h1-9,14,17H,10-12H2. The van der Waals surface area contributed by atoms with Gasteiger partial charge in [-0.1, -0.05) is 36.4 Å². The van der Waals surface area contributed by atoms with Gasteiger partial charge in [-0.15, -0.1) is 0 Å². The number of nitrogens with one attached hydrogen (secondary N) is 1. The molecule has 0 aliphatic heterocycles. The number of benzene rings is 2. The van der Waals surface area contributed by atoms with Gasteiger partial charge in [0.05, 0.1) is 0 Å². The fourth-order valence-corrected chi connectivity index (χ4v) is 1.91. The van der Waals surface area contributed by atoms with Crippen LogP contribution in [-0.2, 0) is 6.54 Å². The smallest absolute Gasteiger partial charge is 0.131 e. The highest BCUT2D eigenvalue weighted by Crippen LogP contribution is 2.26. The van der Waals surface area contributed by atoms with E-state index in [1.165, 1.54) is 18.4 Å². The lowest BCUT2D eigenvalue weighted by Crippen LogP contribution is -2.15. The summed E-state index contributed by atoms with van der Waals surface area (Å²) in [7, 11) is 0. The Morgan fingerprint density at radius 2 is 1.67 bits per heavy atom. The lowest BCUT2D eigenvalue weighted by Gasteiger charge is -2.11. The number of ether oxygens (including phenoxy) is 1. The maximum atomic E-state index is 5.92. The third kappa shape index (κ3) is 2.90. The molecule has 2 aromatic carbocycles. The molecule has 0 spiro atoms. The molecule has 2 heteroatoms. The molecule has 0 heterocycles. The second-order valence-corrected chi connectivity index (χ2v) is 4.68. The molecule has 0 atom stereocenters. The summed E-state index contributed by atoms with van der Waals surface area (Å²) in [4.78, 5) is 0. The van der Waals surface area contributed by atoms with Crippen LogP contribution < -0.4 is 10.1 Å². The SMILES string of the molecule is c1ccc(Oc2ccccc2CNC2CC2)cc1. The van der Waals surface area contributed by atoms with Crippen LogP contribution in [0, 0.1) is 0 Å². The van der Waals surface area contributed by atoms with Crippen molar-refractivity contribution < 1.29 is 4.74 Å². The van der Waals surface area contributed by atoms with E-state index in [4.69, 9.17) is 4.74 Å². The molecule has 2 nitrogen and oxygen atoms in total. The van der Waals surface area contributed by atoms with Gasteiger partial charge >= 0.3 is 0 Å². The van der Waals surface area contributed by atoms with Crippen molar-refractivity contribution in [2.75, 3.05) is 0 Å². The van der Waals surface area contributed by atoms with Gasteiger partial charge in [0.1, 0.15) is 11.5 Å². The van der Waals surface area contributed by atoms with E-state index in [0.717, 1.165) is 24.1 Å². The maximum Gasteiger partial charge on any atom is 0.131 e. The van der Waals surface area contributed by atoms with Gasteiger partial charge in [-0.05, 0) is 31.0 Å². The van der Waals surface area contributed by atoms with E-state index in [1.54, 1.807) is 0 Å². The molecule has 1 saturated carbocycles. The van der Waals surface area contributed by atoms with E-state index in [-0.39, 0.29) is 0 Å². The summed E-state index contributed by atoms with van der Waals surface area (Å²) < 4.78 is 5.92. The van der Waals surface area contributed by atoms with Crippen LogP contribution in [0.3, 0.4) is 0 Å². The number of rotatable bonds is 5. The van der Waals surface area contributed by atoms with Gasteiger partial charge in [-0.3, -0.25) is 0 Å². The topological polar surface area (TPSA) is 21.3 Å². The highest BCUT2D eigenvalue weighted by atomic mass is 16.5. The summed E-state index contributed by atoms with van der Waals surface area (Å²) in [5.74, 6) is 1.83. The van der Waals surface area contributed by atoms with Crippen LogP contribution in [0.2, 0.25) is 0 Å². The van der Waals surface area contributed by atoms with E-state index >= 15 is 0 Å². The first-order valence-electron chi connectivity index (χ1n) is 6.46. The second kappa shape index (κ2) is 5.23. The van der Waals surface area contributed by atoms with E-state index in [0.29, 0.717) is 0 Å². The van der Waals surface area contributed by atoms with Gasteiger partial charge in [0, 0.05) is 18.2 Å². The predicted molar refractivity (Wildman–Crippen MR) is 72.8 cm³/mol. The summed E-state index contributed by atoms with van der Waals surface area (Å²) in [6.45, 7) is 0.883. The van der Waals surface area contributed by atoms with Gasteiger partial charge < -0.3 is 10.1 Å². The fourth-order valence-electron chi connectivity index (χ4n) is 1.91. The Morgan fingerprint density at radius 1 is 0.944 bits per heavy atom. The minimum absolute atomic E-state index is 0.717. The van der Waals surface area contributed by atoms with Gasteiger partial charge in [0.2, 0.25) is 0 Å². The predicted octanol–water partition coefficient (Wildman–Crippen LogP) is 3.73. The van der Waals surface area contributed by atoms with Crippen molar-refractivity contribution in [1.82, 2.24) is 5.32 Å². The van der Waals surface area contributed by atoms with Crippen molar-refractivity contribution in [3.8, 4) is 11.5 Å². The molecular weight excluding hydrogens is 222 g/mol. The molecule has 1 N–H and O–H groups in total. The number of hydrogen-bond acceptors (Lipinski definition) is 2. The third-order valence-electron chi connectivity index (χ3n) is 3.10. The van der Waals surface area contributed by atoms with Gasteiger partial charge in [0.15, 0.2) is 0 Å². The Hall–Kier alpha value is -1.80. The highest BCUT2D eigenvalue weighted by Gasteiger charge is 2.20. The van der Waals surface area contributed by atoms with Crippen LogP contribution in [0.25, 0.3) is 0 Å². The van der Waals surface area contributed by atoms with Gasteiger partial charge in [-0.25, -0.2) is 0 Å². The first kappa shape index (κ1) is 11.3. The van der Waals surface area contributed by atoms with E-state index in [2.05, 4.69) is 17.4 Å². The molecule has 0 amide bonds. The minimum atomic E-state index is 0.717. The zero-order valence-electron chi connectivity index (χ0n) is 10.3. The highest BCUT2D eigenvalue weighted by molar-refractivity contribution is 5.37. The molecule has 0 saturated heterocycles. The number of para-hydroxylation sites is 2. The molecule has 92 valence electrons. The Bertz CT molecular complexity index is 506. The summed E-state index contributed by atoms with van der Waals surface area (Å²) >= 11 is 0.